The number of hydrogen-bond acceptors (Lipinski definition) is 10. The van der Waals surface area contributed by atoms with Crippen LogP contribution in [-0.2, 0) is 28.9 Å². The first-order chi connectivity index (χ1) is 40.0. The lowest BCUT2D eigenvalue weighted by molar-refractivity contribution is -0.298. The molecule has 1 heterocycles. The molecule has 7 unspecified atom stereocenters. The summed E-state index contributed by atoms with van der Waals surface area (Å²) in [7, 11) is -5.08. The van der Waals surface area contributed by atoms with E-state index in [0.717, 1.165) is 51.4 Å². The summed E-state index contributed by atoms with van der Waals surface area (Å²) in [6, 6.07) is -0.856. The topological polar surface area (TPSA) is 192 Å². The lowest BCUT2D eigenvalue weighted by Gasteiger charge is -2.41. The molecule has 1 aliphatic rings. The molecule has 488 valence electrons. The van der Waals surface area contributed by atoms with Crippen molar-refractivity contribution in [2.45, 2.75) is 410 Å². The van der Waals surface area contributed by atoms with E-state index in [0.29, 0.717) is 12.8 Å². The number of amides is 1. The van der Waals surface area contributed by atoms with Crippen molar-refractivity contribution in [3.63, 3.8) is 0 Å². The number of nitrogens with one attached hydrogen (secondary N) is 1. The molecule has 0 spiro atoms. The van der Waals surface area contributed by atoms with E-state index in [9.17, 15) is 38.2 Å². The van der Waals surface area contributed by atoms with Crippen LogP contribution >= 0.6 is 0 Å². The van der Waals surface area contributed by atoms with Gasteiger partial charge in [-0.15, -0.1) is 0 Å². The van der Waals surface area contributed by atoms with E-state index >= 15 is 0 Å². The molecule has 13 heteroatoms. The molecular weight excluding hydrogens is 1050 g/mol. The summed E-state index contributed by atoms with van der Waals surface area (Å²) < 4.78 is 48.1. The molecule has 12 nitrogen and oxygen atoms in total. The average molecular weight is 1190 g/mol. The van der Waals surface area contributed by atoms with Gasteiger partial charge in [-0.05, 0) is 38.5 Å². The van der Waals surface area contributed by atoms with Crippen LogP contribution < -0.4 is 5.32 Å². The molecule has 0 aromatic carbocycles. The van der Waals surface area contributed by atoms with Crippen LogP contribution in [0.1, 0.15) is 367 Å². The minimum Gasteiger partial charge on any atom is -0.394 e. The number of carbonyl (C=O) groups excluding carboxylic acids is 1. The molecular formula is C69H135NO11S. The lowest BCUT2D eigenvalue weighted by Crippen LogP contribution is -2.61. The molecule has 1 amide bonds. The molecule has 82 heavy (non-hydrogen) atoms. The molecule has 0 aromatic rings. The summed E-state index contributed by atoms with van der Waals surface area (Å²) in [5.41, 5.74) is 0. The molecule has 1 rings (SSSR count). The van der Waals surface area contributed by atoms with Crippen LogP contribution in [0.3, 0.4) is 0 Å². The zero-order valence-electron chi connectivity index (χ0n) is 53.6. The van der Waals surface area contributed by atoms with E-state index in [-0.39, 0.29) is 12.5 Å². The molecule has 1 saturated heterocycles. The van der Waals surface area contributed by atoms with Gasteiger partial charge in [0.15, 0.2) is 6.29 Å². The Bertz CT molecular complexity index is 1490. The fourth-order valence-electron chi connectivity index (χ4n) is 11.9. The summed E-state index contributed by atoms with van der Waals surface area (Å²) in [4.78, 5) is 13.2. The van der Waals surface area contributed by atoms with Gasteiger partial charge in [0.2, 0.25) is 5.91 Å². The smallest absolute Gasteiger partial charge is 0.394 e. The molecule has 6 N–H and O–H groups in total. The number of hydrogen-bond donors (Lipinski definition) is 6. The normalized spacial score (nSPS) is 18.5. The van der Waals surface area contributed by atoms with E-state index in [1.54, 1.807) is 0 Å². The zero-order valence-corrected chi connectivity index (χ0v) is 54.4. The largest absolute Gasteiger partial charge is 0.397 e. The predicted molar refractivity (Wildman–Crippen MR) is 342 cm³/mol. The van der Waals surface area contributed by atoms with Crippen LogP contribution in [0.2, 0.25) is 0 Å². The van der Waals surface area contributed by atoms with Crippen molar-refractivity contribution < 1.29 is 51.8 Å². The minimum atomic E-state index is -5.08. The second-order valence-electron chi connectivity index (χ2n) is 25.2. The molecule has 0 radical (unpaired) electrons. The Morgan fingerprint density at radius 2 is 0.780 bits per heavy atom. The highest BCUT2D eigenvalue weighted by Gasteiger charge is 2.48. The zero-order chi connectivity index (χ0) is 59.7. The van der Waals surface area contributed by atoms with Gasteiger partial charge in [0.25, 0.3) is 0 Å². The molecule has 0 aromatic heterocycles. The number of unbranched alkanes of at least 4 members (excludes halogenated alkanes) is 50. The van der Waals surface area contributed by atoms with Crippen LogP contribution in [0.5, 0.6) is 0 Å². The molecule has 1 aliphatic heterocycles. The van der Waals surface area contributed by atoms with Gasteiger partial charge in [0.1, 0.15) is 24.4 Å². The fourth-order valence-corrected chi connectivity index (χ4v) is 12.4. The Labute approximate surface area is 506 Å². The third-order valence-corrected chi connectivity index (χ3v) is 17.8. The Hall–Kier alpha value is -1.16. The van der Waals surface area contributed by atoms with Gasteiger partial charge in [0, 0.05) is 6.42 Å². The molecule has 1 fully saturated rings. The Morgan fingerprint density at radius 3 is 1.10 bits per heavy atom. The van der Waals surface area contributed by atoms with Crippen LogP contribution in [0.25, 0.3) is 0 Å². The van der Waals surface area contributed by atoms with Crippen LogP contribution in [0.15, 0.2) is 12.2 Å². The summed E-state index contributed by atoms with van der Waals surface area (Å²) in [5.74, 6) is -0.222. The highest BCUT2D eigenvalue weighted by molar-refractivity contribution is 7.80. The van der Waals surface area contributed by atoms with Crippen molar-refractivity contribution in [1.82, 2.24) is 5.32 Å². The third kappa shape index (κ3) is 49.9. The number of ether oxygens (including phenoxy) is 2. The van der Waals surface area contributed by atoms with E-state index in [1.165, 1.54) is 289 Å². The first kappa shape index (κ1) is 78.9. The number of rotatable bonds is 64. The molecule has 0 saturated carbocycles. The van der Waals surface area contributed by atoms with E-state index in [1.807, 2.05) is 0 Å². The van der Waals surface area contributed by atoms with E-state index in [4.69, 9.17) is 9.47 Å². The van der Waals surface area contributed by atoms with Crippen molar-refractivity contribution in [3.8, 4) is 0 Å². The maximum atomic E-state index is 13.2. The Morgan fingerprint density at radius 1 is 0.476 bits per heavy atom. The fraction of sp³-hybridized carbons (Fsp3) is 0.957. The highest BCUT2D eigenvalue weighted by Crippen LogP contribution is 2.27. The van der Waals surface area contributed by atoms with Crippen LogP contribution in [0.4, 0.5) is 0 Å². The summed E-state index contributed by atoms with van der Waals surface area (Å²) in [5, 5.41) is 45.3. The second-order valence-corrected chi connectivity index (χ2v) is 26.2. The third-order valence-electron chi connectivity index (χ3n) is 17.3. The van der Waals surface area contributed by atoms with Crippen LogP contribution in [-0.4, -0.2) is 95.4 Å². The summed E-state index contributed by atoms with van der Waals surface area (Å²) in [6.45, 7) is 3.52. The van der Waals surface area contributed by atoms with Gasteiger partial charge >= 0.3 is 10.4 Å². The first-order valence-electron chi connectivity index (χ1n) is 35.6. The van der Waals surface area contributed by atoms with Crippen molar-refractivity contribution >= 4 is 16.3 Å². The number of carbonyl (C=O) groups is 1. The highest BCUT2D eigenvalue weighted by atomic mass is 32.3. The van der Waals surface area contributed by atoms with Crippen molar-refractivity contribution in [2.24, 2.45) is 0 Å². The monoisotopic (exact) mass is 1190 g/mol. The van der Waals surface area contributed by atoms with Gasteiger partial charge < -0.3 is 35.2 Å². The molecule has 0 aliphatic carbocycles. The SMILES string of the molecule is CCCCCCCCCCCCCCCCCC/C=C\CCCCCCCCCCCCCCCCCCCC(=O)NC(COC1OC(CO)C(O)C(OS(=O)(=O)O)C1O)C(O)CCCCCCCCCCCCCCCCCCCC. The van der Waals surface area contributed by atoms with Gasteiger partial charge in [0.05, 0.1) is 25.4 Å². The van der Waals surface area contributed by atoms with Crippen molar-refractivity contribution in [3.05, 3.63) is 12.2 Å². The maximum Gasteiger partial charge on any atom is 0.397 e. The summed E-state index contributed by atoms with van der Waals surface area (Å²) in [6.07, 6.45) is 65.5. The number of aliphatic hydroxyl groups excluding tert-OH is 4. The Kier molecular flexibility index (Phi) is 56.6. The first-order valence-corrected chi connectivity index (χ1v) is 36.9. The number of allylic oxidation sites excluding steroid dienone is 2. The Balaban J connectivity index is 2.16. The molecule has 0 bridgehead atoms. The van der Waals surface area contributed by atoms with Crippen molar-refractivity contribution in [1.29, 1.82) is 0 Å². The molecule has 7 atom stereocenters. The maximum absolute atomic E-state index is 13.2. The lowest BCUT2D eigenvalue weighted by atomic mass is 9.99. The summed E-state index contributed by atoms with van der Waals surface area (Å²) >= 11 is 0. The minimum absolute atomic E-state index is 0.222. The van der Waals surface area contributed by atoms with Gasteiger partial charge in [-0.2, -0.15) is 8.42 Å². The quantitative estimate of drug-likeness (QED) is 0.0193. The average Bonchev–Trinajstić information content (AvgIpc) is 3.60. The second kappa shape index (κ2) is 58.8. The predicted octanol–water partition coefficient (Wildman–Crippen LogP) is 18.5. The number of aliphatic hydroxyl groups is 4. The van der Waals surface area contributed by atoms with Gasteiger partial charge in [-0.1, -0.05) is 334 Å². The van der Waals surface area contributed by atoms with Gasteiger partial charge in [-0.25, -0.2) is 4.18 Å². The van der Waals surface area contributed by atoms with E-state index < -0.39 is 59.9 Å². The van der Waals surface area contributed by atoms with Crippen LogP contribution in [0, 0.1) is 0 Å². The van der Waals surface area contributed by atoms with Gasteiger partial charge in [-0.3, -0.25) is 9.35 Å². The standard InChI is InChI=1S/C69H135NO11S/c1-3-5-7-9-11-13-15-17-19-21-23-24-25-26-27-28-29-30-31-32-33-34-35-36-37-38-39-40-41-43-45-47-49-51-53-55-57-59-65(73)70-62(61-79-69-67(75)68(81-82(76,77)78)66(74)64(60-71)80-69)63(72)58-56-54-52-50-48-46-44-42-22-20-18-16-14-12-10-8-6-4-2/h30-31,62-64,66-69,71-72,74-75H,3-29,32-61H2,1-2H3,(H,70,73)(H,76,77,78)/b31-30-. The van der Waals surface area contributed by atoms with E-state index in [2.05, 4.69) is 35.5 Å². The van der Waals surface area contributed by atoms with Crippen molar-refractivity contribution in [2.75, 3.05) is 13.2 Å².